The van der Waals surface area contributed by atoms with E-state index in [4.69, 9.17) is 15.8 Å². The van der Waals surface area contributed by atoms with Gasteiger partial charge in [0.2, 0.25) is 0 Å². The highest BCUT2D eigenvalue weighted by molar-refractivity contribution is 8.13. The number of rotatable bonds is 1. The Labute approximate surface area is 77.0 Å². The molecule has 0 aliphatic carbocycles. The second-order valence-corrected chi connectivity index (χ2v) is 4.65. The maximum absolute atomic E-state index is 12.8. The van der Waals surface area contributed by atoms with Gasteiger partial charge in [0.1, 0.15) is 5.82 Å². The summed E-state index contributed by atoms with van der Waals surface area (Å²) in [4.78, 5) is -1.34. The zero-order valence-corrected chi connectivity index (χ0v) is 7.53. The Balaban J connectivity index is 3.62. The summed E-state index contributed by atoms with van der Waals surface area (Å²) in [5.41, 5.74) is 0. The molecule has 0 aromatic heterocycles. The average Bonchev–Trinajstić information content (AvgIpc) is 1.95. The van der Waals surface area contributed by atoms with Crippen molar-refractivity contribution in [1.82, 2.24) is 0 Å². The highest BCUT2D eigenvalue weighted by atomic mass is 35.7. The van der Waals surface area contributed by atoms with Gasteiger partial charge in [0.25, 0.3) is 9.05 Å². The molecule has 0 radical (unpaired) electrons. The van der Waals surface area contributed by atoms with Gasteiger partial charge in [-0.1, -0.05) is 0 Å². The second kappa shape index (κ2) is 3.12. The molecular formula is C6H3ClF2O3S. The summed E-state index contributed by atoms with van der Waals surface area (Å²) >= 11 is 0. The Hall–Kier alpha value is -0.880. The molecule has 0 saturated carbocycles. The molecular weight excluding hydrogens is 226 g/mol. The molecule has 1 N–H and O–H groups in total. The van der Waals surface area contributed by atoms with Crippen LogP contribution in [0.4, 0.5) is 8.78 Å². The summed E-state index contributed by atoms with van der Waals surface area (Å²) in [6, 6.07) is 1.30. The van der Waals surface area contributed by atoms with Crippen LogP contribution in [0.15, 0.2) is 17.0 Å². The van der Waals surface area contributed by atoms with Crippen molar-refractivity contribution in [2.24, 2.45) is 0 Å². The number of halogens is 3. The predicted octanol–water partition coefficient (Wildman–Crippen LogP) is 1.60. The van der Waals surface area contributed by atoms with Crippen LogP contribution in [0.25, 0.3) is 0 Å². The summed E-state index contributed by atoms with van der Waals surface area (Å²) in [6.45, 7) is 0. The van der Waals surface area contributed by atoms with E-state index in [0.717, 1.165) is 0 Å². The zero-order valence-electron chi connectivity index (χ0n) is 5.96. The van der Waals surface area contributed by atoms with Crippen LogP contribution in [0.1, 0.15) is 0 Å². The van der Waals surface area contributed by atoms with Crippen molar-refractivity contribution in [3.05, 3.63) is 23.8 Å². The number of phenols is 1. The predicted molar refractivity (Wildman–Crippen MR) is 41.1 cm³/mol. The average molecular weight is 229 g/mol. The van der Waals surface area contributed by atoms with Gasteiger partial charge in [0, 0.05) is 10.7 Å². The number of hydrogen-bond acceptors (Lipinski definition) is 3. The number of hydrogen-bond donors (Lipinski definition) is 1. The SMILES string of the molecule is O=S(=O)(Cl)c1c(F)ccc(O)c1F. The molecule has 13 heavy (non-hydrogen) atoms. The summed E-state index contributed by atoms with van der Waals surface area (Å²) in [5.74, 6) is -3.90. The van der Waals surface area contributed by atoms with Crippen molar-refractivity contribution in [3.8, 4) is 5.75 Å². The topological polar surface area (TPSA) is 54.4 Å². The third-order valence-corrected chi connectivity index (χ3v) is 2.60. The standard InChI is InChI=1S/C6H3ClF2O3S/c7-13(11,12)6-3(8)1-2-4(10)5(6)9/h1-2,10H. The van der Waals surface area contributed by atoms with E-state index >= 15 is 0 Å². The molecule has 0 saturated heterocycles. The Kier molecular flexibility index (Phi) is 2.44. The van der Waals surface area contributed by atoms with Gasteiger partial charge in [-0.3, -0.25) is 0 Å². The lowest BCUT2D eigenvalue weighted by molar-refractivity contribution is 0.413. The smallest absolute Gasteiger partial charge is 0.267 e. The minimum atomic E-state index is -4.52. The van der Waals surface area contributed by atoms with Gasteiger partial charge in [-0.2, -0.15) is 0 Å². The first kappa shape index (κ1) is 10.2. The first-order valence-electron chi connectivity index (χ1n) is 2.95. The third kappa shape index (κ3) is 1.89. The van der Waals surface area contributed by atoms with Gasteiger partial charge in [-0.25, -0.2) is 17.2 Å². The van der Waals surface area contributed by atoms with E-state index in [-0.39, 0.29) is 0 Å². The molecule has 0 atom stereocenters. The van der Waals surface area contributed by atoms with Crippen LogP contribution in [0.5, 0.6) is 5.75 Å². The molecule has 0 heterocycles. The molecule has 0 spiro atoms. The molecule has 0 bridgehead atoms. The molecule has 72 valence electrons. The molecule has 1 aromatic rings. The van der Waals surface area contributed by atoms with E-state index < -0.39 is 31.3 Å². The number of benzene rings is 1. The molecule has 0 fully saturated rings. The minimum absolute atomic E-state index is 0.605. The fraction of sp³-hybridized carbons (Fsp3) is 0. The fourth-order valence-corrected chi connectivity index (χ4v) is 1.79. The van der Waals surface area contributed by atoms with Crippen LogP contribution < -0.4 is 0 Å². The molecule has 7 heteroatoms. The highest BCUT2D eigenvalue weighted by Gasteiger charge is 2.24. The lowest BCUT2D eigenvalue weighted by atomic mass is 10.3. The molecule has 1 aromatic carbocycles. The highest BCUT2D eigenvalue weighted by Crippen LogP contribution is 2.27. The van der Waals surface area contributed by atoms with Gasteiger partial charge in [0.05, 0.1) is 0 Å². The summed E-state index contributed by atoms with van der Waals surface area (Å²) in [5, 5.41) is 8.72. The quantitative estimate of drug-likeness (QED) is 0.743. The molecule has 3 nitrogen and oxygen atoms in total. The lowest BCUT2D eigenvalue weighted by Gasteiger charge is -2.01. The zero-order chi connectivity index (χ0) is 10.2. The fourth-order valence-electron chi connectivity index (χ4n) is 0.746. The first-order valence-corrected chi connectivity index (χ1v) is 5.26. The van der Waals surface area contributed by atoms with Crippen molar-refractivity contribution in [2.45, 2.75) is 4.90 Å². The van der Waals surface area contributed by atoms with E-state index in [1.54, 1.807) is 0 Å². The van der Waals surface area contributed by atoms with Crippen LogP contribution in [-0.4, -0.2) is 13.5 Å². The molecule has 0 aliphatic rings. The van der Waals surface area contributed by atoms with Gasteiger partial charge in [0.15, 0.2) is 16.5 Å². The summed E-state index contributed by atoms with van der Waals surface area (Å²) < 4.78 is 46.7. The van der Waals surface area contributed by atoms with Crippen LogP contribution in [0.3, 0.4) is 0 Å². The van der Waals surface area contributed by atoms with Gasteiger partial charge < -0.3 is 5.11 Å². The van der Waals surface area contributed by atoms with Crippen molar-refractivity contribution in [3.63, 3.8) is 0 Å². The van der Waals surface area contributed by atoms with Crippen LogP contribution in [0.2, 0.25) is 0 Å². The van der Waals surface area contributed by atoms with Crippen LogP contribution in [0, 0.1) is 11.6 Å². The van der Waals surface area contributed by atoms with Gasteiger partial charge in [-0.05, 0) is 12.1 Å². The van der Waals surface area contributed by atoms with E-state index in [9.17, 15) is 17.2 Å². The minimum Gasteiger partial charge on any atom is -0.505 e. The summed E-state index contributed by atoms with van der Waals surface area (Å²) in [7, 11) is 0.198. The number of phenolic OH excluding ortho intramolecular Hbond substituents is 1. The van der Waals surface area contributed by atoms with Crippen molar-refractivity contribution in [2.75, 3.05) is 0 Å². The molecule has 0 unspecified atom stereocenters. The Bertz CT molecular complexity index is 443. The second-order valence-electron chi connectivity index (χ2n) is 2.15. The van der Waals surface area contributed by atoms with Crippen LogP contribution >= 0.6 is 10.7 Å². The third-order valence-electron chi connectivity index (χ3n) is 1.27. The largest absolute Gasteiger partial charge is 0.505 e. The van der Waals surface area contributed by atoms with Crippen molar-refractivity contribution in [1.29, 1.82) is 0 Å². The maximum atomic E-state index is 12.8. The lowest BCUT2D eigenvalue weighted by Crippen LogP contribution is -1.99. The molecule has 1 rings (SSSR count). The monoisotopic (exact) mass is 228 g/mol. The van der Waals surface area contributed by atoms with Crippen molar-refractivity contribution < 1.29 is 22.3 Å². The Morgan fingerprint density at radius 3 is 2.23 bits per heavy atom. The summed E-state index contributed by atoms with van der Waals surface area (Å²) in [6.07, 6.45) is 0. The van der Waals surface area contributed by atoms with Crippen LogP contribution in [-0.2, 0) is 9.05 Å². The van der Waals surface area contributed by atoms with Gasteiger partial charge in [-0.15, -0.1) is 0 Å². The Morgan fingerprint density at radius 2 is 1.85 bits per heavy atom. The maximum Gasteiger partial charge on any atom is 0.267 e. The molecule has 0 aliphatic heterocycles. The number of aromatic hydroxyl groups is 1. The van der Waals surface area contributed by atoms with Crippen molar-refractivity contribution >= 4 is 19.7 Å². The van der Waals surface area contributed by atoms with E-state index in [1.807, 2.05) is 0 Å². The normalized spacial score (nSPS) is 11.6. The first-order chi connectivity index (χ1) is 5.84. The van der Waals surface area contributed by atoms with E-state index in [2.05, 4.69) is 0 Å². The molecule has 0 amide bonds. The van der Waals surface area contributed by atoms with E-state index in [1.165, 1.54) is 0 Å². The Morgan fingerprint density at radius 1 is 1.31 bits per heavy atom. The van der Waals surface area contributed by atoms with Gasteiger partial charge >= 0.3 is 0 Å². The van der Waals surface area contributed by atoms with E-state index in [0.29, 0.717) is 12.1 Å².